The van der Waals surface area contributed by atoms with E-state index in [9.17, 15) is 9.59 Å². The van der Waals surface area contributed by atoms with E-state index in [1.165, 1.54) is 12.5 Å². The molecule has 1 aromatic carbocycles. The molecule has 1 N–H and O–H groups in total. The molecule has 9 heteroatoms. The Kier molecular flexibility index (Phi) is 5.63. The summed E-state index contributed by atoms with van der Waals surface area (Å²) >= 11 is 0. The maximum absolute atomic E-state index is 13.0. The number of fused-ring (bicyclic) bond motifs is 2. The van der Waals surface area contributed by atoms with Crippen molar-refractivity contribution in [1.82, 2.24) is 19.8 Å². The lowest BCUT2D eigenvalue weighted by Gasteiger charge is -2.45. The highest BCUT2D eigenvalue weighted by atomic mass is 16.5. The number of piperidine rings is 1. The monoisotopic (exact) mass is 450 g/mol. The Morgan fingerprint density at radius 1 is 1.27 bits per heavy atom. The van der Waals surface area contributed by atoms with Crippen molar-refractivity contribution in [2.45, 2.75) is 37.6 Å². The summed E-state index contributed by atoms with van der Waals surface area (Å²) in [5, 5.41) is 2.98. The summed E-state index contributed by atoms with van der Waals surface area (Å²) in [5.74, 6) is 1.32. The molecule has 0 saturated carbocycles. The van der Waals surface area contributed by atoms with Crippen LogP contribution in [0.5, 0.6) is 5.75 Å². The van der Waals surface area contributed by atoms with Gasteiger partial charge >= 0.3 is 0 Å². The van der Waals surface area contributed by atoms with Crippen molar-refractivity contribution >= 4 is 11.8 Å². The van der Waals surface area contributed by atoms with Gasteiger partial charge in [0.25, 0.3) is 11.8 Å². The quantitative estimate of drug-likeness (QED) is 0.641. The molecule has 1 atom stereocenters. The molecule has 5 rings (SSSR count). The number of likely N-dealkylation sites (tertiary alicyclic amines) is 1. The van der Waals surface area contributed by atoms with Crippen LogP contribution in [0.4, 0.5) is 0 Å². The van der Waals surface area contributed by atoms with Gasteiger partial charge in [-0.1, -0.05) is 12.1 Å². The number of nitrogens with one attached hydrogen (secondary N) is 1. The first-order chi connectivity index (χ1) is 16.1. The second-order valence-corrected chi connectivity index (χ2v) is 8.38. The van der Waals surface area contributed by atoms with E-state index >= 15 is 0 Å². The van der Waals surface area contributed by atoms with Gasteiger partial charge in [0.2, 0.25) is 0 Å². The molecule has 1 saturated heterocycles. The van der Waals surface area contributed by atoms with E-state index in [2.05, 4.69) is 10.3 Å². The fraction of sp³-hybridized carbons (Fsp3) is 0.375. The topological polar surface area (TPSA) is 98.8 Å². The first-order valence-corrected chi connectivity index (χ1v) is 11.0. The molecule has 0 bridgehead atoms. The minimum Gasteiger partial charge on any atom is -0.497 e. The number of ether oxygens (including phenoxy) is 2. The summed E-state index contributed by atoms with van der Waals surface area (Å²) in [6.07, 6.45) is 7.05. The van der Waals surface area contributed by atoms with Gasteiger partial charge in [0.15, 0.2) is 6.10 Å². The maximum atomic E-state index is 13.0. The number of furan rings is 1. The summed E-state index contributed by atoms with van der Waals surface area (Å²) in [7, 11) is 1.61. The van der Waals surface area contributed by atoms with Crippen LogP contribution in [0.3, 0.4) is 0 Å². The fourth-order valence-corrected chi connectivity index (χ4v) is 4.60. The molecule has 9 nitrogen and oxygen atoms in total. The largest absolute Gasteiger partial charge is 0.497 e. The number of rotatable bonds is 5. The lowest BCUT2D eigenvalue weighted by molar-refractivity contribution is -0.172. The average Bonchev–Trinajstić information content (AvgIpc) is 3.55. The SMILES string of the molecule is COc1cccc(CNC(=O)C2Cn3ccnc3C3(CCN(C(=O)c4ccoc4)CC3)O2)c1. The molecule has 2 aliphatic heterocycles. The van der Waals surface area contributed by atoms with E-state index in [0.29, 0.717) is 44.6 Å². The van der Waals surface area contributed by atoms with E-state index in [0.717, 1.165) is 17.1 Å². The summed E-state index contributed by atoms with van der Waals surface area (Å²) in [6, 6.07) is 9.25. The molecule has 33 heavy (non-hydrogen) atoms. The lowest BCUT2D eigenvalue weighted by atomic mass is 9.88. The van der Waals surface area contributed by atoms with E-state index in [4.69, 9.17) is 13.9 Å². The van der Waals surface area contributed by atoms with Crippen LogP contribution in [0.2, 0.25) is 0 Å². The third-order valence-corrected chi connectivity index (χ3v) is 6.37. The van der Waals surface area contributed by atoms with Crippen LogP contribution < -0.4 is 10.1 Å². The molecule has 1 unspecified atom stereocenters. The Hall–Kier alpha value is -3.59. The number of carbonyl (C=O) groups excluding carboxylic acids is 2. The van der Waals surface area contributed by atoms with Gasteiger partial charge in [-0.05, 0) is 23.8 Å². The number of methoxy groups -OCH3 is 1. The summed E-state index contributed by atoms with van der Waals surface area (Å²) in [4.78, 5) is 32.1. The third-order valence-electron chi connectivity index (χ3n) is 6.37. The number of hydrogen-bond donors (Lipinski definition) is 1. The molecule has 0 radical (unpaired) electrons. The zero-order chi connectivity index (χ0) is 22.8. The molecule has 0 aliphatic carbocycles. The molecular formula is C24H26N4O5. The van der Waals surface area contributed by atoms with Crippen molar-refractivity contribution in [2.75, 3.05) is 20.2 Å². The van der Waals surface area contributed by atoms with Gasteiger partial charge in [-0.3, -0.25) is 9.59 Å². The Morgan fingerprint density at radius 2 is 2.12 bits per heavy atom. The van der Waals surface area contributed by atoms with Crippen molar-refractivity contribution < 1.29 is 23.5 Å². The number of amides is 2. The van der Waals surface area contributed by atoms with Crippen molar-refractivity contribution in [3.63, 3.8) is 0 Å². The van der Waals surface area contributed by atoms with E-state index in [1.807, 2.05) is 35.0 Å². The molecule has 2 aromatic heterocycles. The molecule has 3 aromatic rings. The zero-order valence-corrected chi connectivity index (χ0v) is 18.4. The van der Waals surface area contributed by atoms with Crippen LogP contribution in [0.25, 0.3) is 0 Å². The second-order valence-electron chi connectivity index (χ2n) is 8.38. The smallest absolute Gasteiger partial charge is 0.257 e. The maximum Gasteiger partial charge on any atom is 0.257 e. The highest BCUT2D eigenvalue weighted by molar-refractivity contribution is 5.93. The second kappa shape index (κ2) is 8.74. The third kappa shape index (κ3) is 4.11. The van der Waals surface area contributed by atoms with Crippen LogP contribution in [0.15, 0.2) is 59.7 Å². The fourth-order valence-electron chi connectivity index (χ4n) is 4.60. The molecule has 172 valence electrons. The van der Waals surface area contributed by atoms with Gasteiger partial charge in [0.1, 0.15) is 23.4 Å². The van der Waals surface area contributed by atoms with E-state index < -0.39 is 11.7 Å². The van der Waals surface area contributed by atoms with Gasteiger partial charge in [-0.25, -0.2) is 4.98 Å². The number of benzene rings is 1. The number of nitrogens with zero attached hydrogens (tertiary/aromatic N) is 3. The zero-order valence-electron chi connectivity index (χ0n) is 18.4. The minimum atomic E-state index is -0.701. The summed E-state index contributed by atoms with van der Waals surface area (Å²) < 4.78 is 18.7. The first-order valence-electron chi connectivity index (χ1n) is 11.0. The van der Waals surface area contributed by atoms with Crippen molar-refractivity contribution in [3.8, 4) is 5.75 Å². The highest BCUT2D eigenvalue weighted by Crippen LogP contribution is 2.40. The predicted molar refractivity (Wildman–Crippen MR) is 117 cm³/mol. The number of aromatic nitrogens is 2. The van der Waals surface area contributed by atoms with Crippen LogP contribution >= 0.6 is 0 Å². The van der Waals surface area contributed by atoms with Crippen LogP contribution in [0, 0.1) is 0 Å². The standard InChI is InChI=1S/C24H26N4O5/c1-31-19-4-2-3-17(13-19)14-26-21(29)20-15-28-11-8-25-23(28)24(33-20)6-9-27(10-7-24)22(30)18-5-12-32-16-18/h2-5,8,11-13,16,20H,6-7,9-10,14-15H2,1H3,(H,26,29). The van der Waals surface area contributed by atoms with Gasteiger partial charge in [-0.15, -0.1) is 0 Å². The van der Waals surface area contributed by atoms with E-state index in [-0.39, 0.29) is 11.8 Å². The van der Waals surface area contributed by atoms with Gasteiger partial charge < -0.3 is 28.7 Å². The normalized spacial score (nSPS) is 19.2. The van der Waals surface area contributed by atoms with Crippen molar-refractivity contribution in [1.29, 1.82) is 0 Å². The molecule has 2 amide bonds. The molecule has 2 aliphatic rings. The summed E-state index contributed by atoms with van der Waals surface area (Å²) in [6.45, 7) is 1.80. The number of imidazole rings is 1. The number of carbonyl (C=O) groups is 2. The molecule has 4 heterocycles. The van der Waals surface area contributed by atoms with Gasteiger partial charge in [0, 0.05) is 44.9 Å². The lowest BCUT2D eigenvalue weighted by Crippen LogP contribution is -2.54. The Balaban J connectivity index is 1.27. The first kappa shape index (κ1) is 21.3. The highest BCUT2D eigenvalue weighted by Gasteiger charge is 2.47. The average molecular weight is 450 g/mol. The number of hydrogen-bond acceptors (Lipinski definition) is 6. The van der Waals surface area contributed by atoms with Crippen LogP contribution in [-0.2, 0) is 28.2 Å². The Labute approximate surface area is 191 Å². The Bertz CT molecular complexity index is 1130. The molecular weight excluding hydrogens is 424 g/mol. The minimum absolute atomic E-state index is 0.0645. The van der Waals surface area contributed by atoms with Crippen LogP contribution in [-0.4, -0.2) is 52.6 Å². The van der Waals surface area contributed by atoms with Crippen LogP contribution in [0.1, 0.15) is 34.6 Å². The molecule has 1 spiro atoms. The summed E-state index contributed by atoms with van der Waals surface area (Å²) in [5.41, 5.74) is 0.779. The Morgan fingerprint density at radius 3 is 2.88 bits per heavy atom. The predicted octanol–water partition coefficient (Wildman–Crippen LogP) is 2.33. The van der Waals surface area contributed by atoms with Gasteiger partial charge in [-0.2, -0.15) is 0 Å². The van der Waals surface area contributed by atoms with Gasteiger partial charge in [0.05, 0.1) is 25.5 Å². The van der Waals surface area contributed by atoms with Crippen molar-refractivity contribution in [2.24, 2.45) is 0 Å². The van der Waals surface area contributed by atoms with E-state index in [1.54, 1.807) is 24.3 Å². The molecule has 1 fully saturated rings. The van der Waals surface area contributed by atoms with Crippen molar-refractivity contribution in [3.05, 3.63) is 72.2 Å².